The molecule has 0 spiro atoms. The normalized spacial score (nSPS) is 15.8. The largest absolute Gasteiger partial charge is 0.375 e. The van der Waals surface area contributed by atoms with Crippen molar-refractivity contribution >= 4 is 14.4 Å². The van der Waals surface area contributed by atoms with Gasteiger partial charge in [-0.05, 0) is 35.2 Å². The Bertz CT molecular complexity index is 1210. The van der Waals surface area contributed by atoms with Gasteiger partial charge < -0.3 is 9.67 Å². The second-order valence-corrected chi connectivity index (χ2v) is 9.56. The first-order valence-corrected chi connectivity index (χ1v) is 12.0. The monoisotopic (exact) mass is 495 g/mol. The highest BCUT2D eigenvalue weighted by molar-refractivity contribution is 7.28. The summed E-state index contributed by atoms with van der Waals surface area (Å²) in [5.74, 6) is -1.00. The van der Waals surface area contributed by atoms with Crippen LogP contribution in [-0.4, -0.2) is 33.9 Å². The Kier molecular flexibility index (Phi) is 8.24. The van der Waals surface area contributed by atoms with Crippen molar-refractivity contribution in [2.24, 2.45) is 5.92 Å². The van der Waals surface area contributed by atoms with E-state index < -0.39 is 42.8 Å². The molecule has 1 heterocycles. The zero-order valence-electron chi connectivity index (χ0n) is 19.6. The molecule has 0 saturated heterocycles. The molecular formula is C27H27FNO5P. The smallest absolute Gasteiger partial charge is 0.359 e. The predicted molar refractivity (Wildman–Crippen MR) is 133 cm³/mol. The average molecular weight is 495 g/mol. The van der Waals surface area contributed by atoms with Crippen LogP contribution in [0.4, 0.5) is 4.39 Å². The van der Waals surface area contributed by atoms with E-state index in [2.05, 4.69) is 15.8 Å². The number of aliphatic hydroxyl groups is 1. The zero-order chi connectivity index (χ0) is 25.6. The number of rotatable bonds is 9. The maximum atomic E-state index is 13.8. The summed E-state index contributed by atoms with van der Waals surface area (Å²) in [4.78, 5) is 27.0. The molecule has 4 unspecified atom stereocenters. The molecule has 0 aliphatic heterocycles. The Labute approximate surface area is 205 Å². The predicted octanol–water partition coefficient (Wildman–Crippen LogP) is 4.64. The van der Waals surface area contributed by atoms with Gasteiger partial charge in [0, 0.05) is 11.8 Å². The number of carbonyl (C=O) groups is 1. The molecule has 35 heavy (non-hydrogen) atoms. The van der Waals surface area contributed by atoms with E-state index in [-0.39, 0.29) is 0 Å². The summed E-state index contributed by atoms with van der Waals surface area (Å²) in [5, 5.41) is 10.1. The number of hydrogen-bond donors (Lipinski definition) is 1. The van der Waals surface area contributed by atoms with Crippen LogP contribution in [0.15, 0.2) is 72.9 Å². The number of halogens is 1. The molecule has 0 amide bonds. The number of pyridine rings is 1. The van der Waals surface area contributed by atoms with Crippen LogP contribution in [0.3, 0.4) is 0 Å². The maximum Gasteiger partial charge on any atom is 0.359 e. The highest BCUT2D eigenvalue weighted by Gasteiger charge is 2.63. The van der Waals surface area contributed by atoms with E-state index in [1.54, 1.807) is 26.0 Å². The third-order valence-corrected chi connectivity index (χ3v) is 7.97. The molecule has 6 nitrogen and oxygen atoms in total. The van der Waals surface area contributed by atoms with Gasteiger partial charge in [0.15, 0.2) is 10.8 Å². The van der Waals surface area contributed by atoms with E-state index in [9.17, 15) is 18.9 Å². The maximum absolute atomic E-state index is 13.8. The summed E-state index contributed by atoms with van der Waals surface area (Å²) in [7, 11) is -0.873. The van der Waals surface area contributed by atoms with Crippen molar-refractivity contribution in [3.8, 4) is 23.6 Å². The van der Waals surface area contributed by atoms with E-state index in [1.165, 1.54) is 30.5 Å². The van der Waals surface area contributed by atoms with Crippen molar-refractivity contribution in [1.82, 2.24) is 4.98 Å². The Morgan fingerprint density at radius 3 is 2.20 bits per heavy atom. The minimum Gasteiger partial charge on any atom is -0.375 e. The van der Waals surface area contributed by atoms with Gasteiger partial charge >= 0.3 is 5.97 Å². The molecule has 0 aliphatic carbocycles. The van der Waals surface area contributed by atoms with Crippen LogP contribution in [0.2, 0.25) is 0 Å². The Hall–Kier alpha value is -3.30. The number of hydrogen-bond acceptors (Lipinski definition) is 6. The molecule has 0 fully saturated rings. The van der Waals surface area contributed by atoms with Gasteiger partial charge in [-0.15, -0.1) is 6.42 Å². The van der Waals surface area contributed by atoms with Gasteiger partial charge in [-0.1, -0.05) is 68.3 Å². The Balaban J connectivity index is 2.26. The summed E-state index contributed by atoms with van der Waals surface area (Å²) in [5.41, 5.74) is 0.0689. The minimum atomic E-state index is -2.35. The topological polar surface area (TPSA) is 85.7 Å². The van der Waals surface area contributed by atoms with Crippen LogP contribution in [0, 0.1) is 24.1 Å². The summed E-state index contributed by atoms with van der Waals surface area (Å²) in [6.07, 6.45) is 7.43. The average Bonchev–Trinajstić information content (AvgIpc) is 2.87. The van der Waals surface area contributed by atoms with Crippen LogP contribution in [0.1, 0.15) is 30.9 Å². The van der Waals surface area contributed by atoms with Crippen molar-refractivity contribution in [1.29, 1.82) is 0 Å². The minimum absolute atomic E-state index is 0.407. The number of benzene rings is 2. The van der Waals surface area contributed by atoms with E-state index in [1.807, 2.05) is 30.3 Å². The standard InChI is InChI=1S/C27H27FNO5P/c1-5-26(31,27(35-32,18(2)3)25(30)34-33-4)24(20-11-14-22(28)15-12-20)21-13-16-23(29-17-21)19-9-7-6-8-10-19/h1,6-18,24,31H,35H2,2-4H3. The van der Waals surface area contributed by atoms with Crippen molar-refractivity contribution in [3.05, 3.63) is 89.9 Å². The lowest BCUT2D eigenvalue weighted by molar-refractivity contribution is -0.262. The summed E-state index contributed by atoms with van der Waals surface area (Å²) >= 11 is 0. The van der Waals surface area contributed by atoms with Crippen LogP contribution in [0.25, 0.3) is 11.3 Å². The molecule has 3 rings (SSSR count). The summed E-state index contributed by atoms with van der Waals surface area (Å²) in [6.45, 7) is 3.23. The third kappa shape index (κ3) is 4.78. The van der Waals surface area contributed by atoms with E-state index in [4.69, 9.17) is 11.3 Å². The fourth-order valence-electron chi connectivity index (χ4n) is 4.38. The number of terminal acetylenes is 1. The van der Waals surface area contributed by atoms with E-state index in [0.29, 0.717) is 16.8 Å². The Morgan fingerprint density at radius 1 is 1.09 bits per heavy atom. The van der Waals surface area contributed by atoms with Gasteiger partial charge in [0.1, 0.15) is 5.82 Å². The van der Waals surface area contributed by atoms with Gasteiger partial charge in [-0.2, -0.15) is 4.89 Å². The van der Waals surface area contributed by atoms with Crippen molar-refractivity contribution < 1.29 is 28.6 Å². The molecule has 182 valence electrons. The summed E-state index contributed by atoms with van der Waals surface area (Å²) < 4.78 is 26.5. The Morgan fingerprint density at radius 2 is 1.71 bits per heavy atom. The molecule has 0 bridgehead atoms. The zero-order valence-corrected chi connectivity index (χ0v) is 20.8. The van der Waals surface area contributed by atoms with Crippen LogP contribution < -0.4 is 0 Å². The lowest BCUT2D eigenvalue weighted by Crippen LogP contribution is -2.61. The van der Waals surface area contributed by atoms with Gasteiger partial charge in [0.25, 0.3) is 0 Å². The number of carbonyl (C=O) groups excluding carboxylic acids is 1. The van der Waals surface area contributed by atoms with Gasteiger partial charge in [-0.25, -0.2) is 9.18 Å². The van der Waals surface area contributed by atoms with E-state index >= 15 is 0 Å². The van der Waals surface area contributed by atoms with Crippen LogP contribution >= 0.6 is 8.46 Å². The van der Waals surface area contributed by atoms with Crippen LogP contribution in [0.5, 0.6) is 0 Å². The molecule has 1 N–H and O–H groups in total. The van der Waals surface area contributed by atoms with Crippen LogP contribution in [-0.2, 0) is 19.1 Å². The first-order chi connectivity index (χ1) is 16.7. The highest BCUT2D eigenvalue weighted by Crippen LogP contribution is 2.51. The molecule has 0 radical (unpaired) electrons. The lowest BCUT2D eigenvalue weighted by atomic mass is 9.67. The highest BCUT2D eigenvalue weighted by atomic mass is 31.1. The van der Waals surface area contributed by atoms with Gasteiger partial charge in [0.2, 0.25) is 0 Å². The molecule has 0 aliphatic rings. The fourth-order valence-corrected chi connectivity index (χ4v) is 5.22. The molecule has 4 atom stereocenters. The molecule has 2 aromatic carbocycles. The first-order valence-electron chi connectivity index (χ1n) is 10.9. The first kappa shape index (κ1) is 26.3. The number of aromatic nitrogens is 1. The second kappa shape index (κ2) is 11.0. The van der Waals surface area contributed by atoms with Gasteiger partial charge in [-0.3, -0.25) is 9.87 Å². The quantitative estimate of drug-likeness (QED) is 0.202. The lowest BCUT2D eigenvalue weighted by Gasteiger charge is -2.45. The summed E-state index contributed by atoms with van der Waals surface area (Å²) in [6, 6.07) is 18.3. The van der Waals surface area contributed by atoms with Crippen molar-refractivity contribution in [3.63, 3.8) is 0 Å². The third-order valence-electron chi connectivity index (χ3n) is 6.25. The molecule has 8 heteroatoms. The number of nitrogens with zero attached hydrogens (tertiary/aromatic N) is 1. The van der Waals surface area contributed by atoms with E-state index in [0.717, 1.165) is 12.7 Å². The second-order valence-electron chi connectivity index (χ2n) is 8.42. The fraction of sp³-hybridized carbons (Fsp3) is 0.259. The molecular weight excluding hydrogens is 468 g/mol. The van der Waals surface area contributed by atoms with Crippen molar-refractivity contribution in [2.45, 2.75) is 30.5 Å². The molecule has 0 saturated carbocycles. The molecule has 1 aromatic heterocycles. The molecule has 3 aromatic rings. The van der Waals surface area contributed by atoms with Gasteiger partial charge in [0.05, 0.1) is 27.2 Å². The van der Waals surface area contributed by atoms with Crippen molar-refractivity contribution in [2.75, 3.05) is 7.11 Å². The SMILES string of the molecule is C#CC(O)(C(c1ccc(F)cc1)c1ccc(-c2ccccc2)nc1)C([PH2]=O)(C(=O)OOC)C(C)C.